The second-order valence-electron chi connectivity index (χ2n) is 1.89. The van der Waals surface area contributed by atoms with Crippen LogP contribution in [0.4, 0.5) is 0 Å². The third-order valence-electron chi connectivity index (χ3n) is 1.40. The van der Waals surface area contributed by atoms with Gasteiger partial charge in [0.05, 0.1) is 0 Å². The van der Waals surface area contributed by atoms with Crippen molar-refractivity contribution in [3.05, 3.63) is 11.8 Å². The Hall–Kier alpha value is -0.620. The molecule has 0 bridgehead atoms. The number of ether oxygens (including phenoxy) is 1. The molecular formula is C5H8O5. The van der Waals surface area contributed by atoms with Crippen LogP contribution in [0.15, 0.2) is 11.8 Å². The fourth-order valence-electron chi connectivity index (χ4n) is 0.773. The molecule has 1 aliphatic rings. The van der Waals surface area contributed by atoms with Gasteiger partial charge in [-0.3, -0.25) is 5.26 Å². The molecule has 0 amide bonds. The van der Waals surface area contributed by atoms with Crippen molar-refractivity contribution in [3.8, 4) is 0 Å². The predicted octanol–water partition coefficient (Wildman–Crippen LogP) is 0.247. The largest absolute Gasteiger partial charge is 0.374 e. The average molecular weight is 148 g/mol. The summed E-state index contributed by atoms with van der Waals surface area (Å²) in [5.41, 5.74) is 0. The lowest BCUT2D eigenvalue weighted by Gasteiger charge is -2.28. The van der Waals surface area contributed by atoms with Crippen molar-refractivity contribution in [2.45, 2.75) is 12.2 Å². The van der Waals surface area contributed by atoms with Gasteiger partial charge in [0.1, 0.15) is 6.10 Å². The summed E-state index contributed by atoms with van der Waals surface area (Å²) in [5, 5.41) is 16.3. The van der Waals surface area contributed by atoms with E-state index in [1.165, 1.54) is 13.2 Å². The van der Waals surface area contributed by atoms with E-state index in [0.717, 1.165) is 0 Å². The molecule has 1 rings (SSSR count). The molecule has 0 heterocycles. The van der Waals surface area contributed by atoms with Crippen LogP contribution < -0.4 is 0 Å². The lowest BCUT2D eigenvalue weighted by molar-refractivity contribution is -0.323. The molecule has 58 valence electrons. The minimum Gasteiger partial charge on any atom is -0.374 e. The first kappa shape index (κ1) is 7.49. The first-order valence-corrected chi connectivity index (χ1v) is 2.69. The van der Waals surface area contributed by atoms with E-state index in [9.17, 15) is 0 Å². The van der Waals surface area contributed by atoms with E-state index in [0.29, 0.717) is 0 Å². The number of hydrogen-bond acceptors (Lipinski definition) is 5. The maximum atomic E-state index is 8.18. The molecule has 10 heavy (non-hydrogen) atoms. The van der Waals surface area contributed by atoms with E-state index in [4.69, 9.17) is 15.3 Å². The van der Waals surface area contributed by atoms with Crippen LogP contribution in [0.5, 0.6) is 0 Å². The van der Waals surface area contributed by atoms with Gasteiger partial charge in [0.25, 0.3) is 0 Å². The van der Waals surface area contributed by atoms with Crippen LogP contribution in [0.1, 0.15) is 0 Å². The highest BCUT2D eigenvalue weighted by atomic mass is 17.1. The quantitative estimate of drug-likeness (QED) is 0.443. The zero-order valence-electron chi connectivity index (χ0n) is 5.35. The van der Waals surface area contributed by atoms with Gasteiger partial charge in [-0.25, -0.2) is 10.1 Å². The Morgan fingerprint density at radius 1 is 1.50 bits per heavy atom. The van der Waals surface area contributed by atoms with Crippen molar-refractivity contribution in [1.82, 2.24) is 0 Å². The molecule has 0 aliphatic heterocycles. The predicted molar refractivity (Wildman–Crippen MR) is 30.1 cm³/mol. The highest BCUT2D eigenvalue weighted by molar-refractivity contribution is 5.20. The molecule has 0 saturated carbocycles. The first-order valence-electron chi connectivity index (χ1n) is 2.69. The number of methoxy groups -OCH3 is 1. The SMILES string of the molecule is COC1C=C(OO)C1OO. The lowest BCUT2D eigenvalue weighted by atomic mass is 10.0. The fraction of sp³-hybridized carbons (Fsp3) is 0.600. The Bertz CT molecular complexity index is 143. The van der Waals surface area contributed by atoms with Crippen LogP contribution in [0.3, 0.4) is 0 Å². The van der Waals surface area contributed by atoms with Gasteiger partial charge < -0.3 is 9.62 Å². The van der Waals surface area contributed by atoms with Crippen LogP contribution in [0.25, 0.3) is 0 Å². The Balaban J connectivity index is 2.48. The normalized spacial score (nSPS) is 30.9. The van der Waals surface area contributed by atoms with Crippen molar-refractivity contribution >= 4 is 0 Å². The van der Waals surface area contributed by atoms with E-state index in [1.54, 1.807) is 0 Å². The molecule has 0 fully saturated rings. The zero-order valence-corrected chi connectivity index (χ0v) is 5.35. The first-order chi connectivity index (χ1) is 4.83. The standard InChI is InChI=1S/C5H8O5/c1-8-3-2-4(9-6)5(3)10-7/h2-3,5-7H,1H3. The Kier molecular flexibility index (Phi) is 2.23. The van der Waals surface area contributed by atoms with Crippen molar-refractivity contribution in [2.24, 2.45) is 0 Å². The molecule has 2 atom stereocenters. The van der Waals surface area contributed by atoms with E-state index in [1.807, 2.05) is 0 Å². The molecular weight excluding hydrogens is 140 g/mol. The summed E-state index contributed by atoms with van der Waals surface area (Å²) in [7, 11) is 1.46. The highest BCUT2D eigenvalue weighted by Gasteiger charge is 2.36. The van der Waals surface area contributed by atoms with Crippen LogP contribution in [0, 0.1) is 0 Å². The monoisotopic (exact) mass is 148 g/mol. The van der Waals surface area contributed by atoms with Gasteiger partial charge in [-0.05, 0) is 6.08 Å². The van der Waals surface area contributed by atoms with E-state index >= 15 is 0 Å². The van der Waals surface area contributed by atoms with Gasteiger partial charge >= 0.3 is 0 Å². The molecule has 0 aromatic carbocycles. The van der Waals surface area contributed by atoms with E-state index in [-0.39, 0.29) is 11.9 Å². The van der Waals surface area contributed by atoms with Crippen molar-refractivity contribution in [3.63, 3.8) is 0 Å². The summed E-state index contributed by atoms with van der Waals surface area (Å²) >= 11 is 0. The molecule has 0 saturated heterocycles. The molecule has 5 heteroatoms. The zero-order chi connectivity index (χ0) is 7.56. The van der Waals surface area contributed by atoms with Crippen LogP contribution in [-0.2, 0) is 14.5 Å². The molecule has 0 radical (unpaired) electrons. The van der Waals surface area contributed by atoms with E-state index in [2.05, 4.69) is 9.78 Å². The molecule has 0 spiro atoms. The van der Waals surface area contributed by atoms with Crippen LogP contribution >= 0.6 is 0 Å². The van der Waals surface area contributed by atoms with Gasteiger partial charge in [0.15, 0.2) is 11.9 Å². The lowest BCUT2D eigenvalue weighted by Crippen LogP contribution is -2.39. The molecule has 5 nitrogen and oxygen atoms in total. The fourth-order valence-corrected chi connectivity index (χ4v) is 0.773. The second-order valence-corrected chi connectivity index (χ2v) is 1.89. The van der Waals surface area contributed by atoms with Gasteiger partial charge in [-0.1, -0.05) is 0 Å². The Morgan fingerprint density at radius 2 is 2.20 bits per heavy atom. The maximum Gasteiger partial charge on any atom is 0.183 e. The van der Waals surface area contributed by atoms with Crippen molar-refractivity contribution in [2.75, 3.05) is 7.11 Å². The van der Waals surface area contributed by atoms with Gasteiger partial charge in [0.2, 0.25) is 0 Å². The second kappa shape index (κ2) is 2.98. The molecule has 1 aliphatic carbocycles. The summed E-state index contributed by atoms with van der Waals surface area (Å²) in [6, 6.07) is 0. The summed E-state index contributed by atoms with van der Waals surface area (Å²) in [5.74, 6) is 0.161. The maximum absolute atomic E-state index is 8.18. The third kappa shape index (κ3) is 0.994. The minimum atomic E-state index is -0.699. The van der Waals surface area contributed by atoms with Crippen LogP contribution in [-0.4, -0.2) is 29.8 Å². The van der Waals surface area contributed by atoms with Gasteiger partial charge in [-0.15, -0.1) is 0 Å². The third-order valence-corrected chi connectivity index (χ3v) is 1.40. The van der Waals surface area contributed by atoms with Crippen molar-refractivity contribution < 1.29 is 25.0 Å². The summed E-state index contributed by atoms with van der Waals surface area (Å²) < 4.78 is 4.77. The molecule has 0 aromatic rings. The Labute approximate surface area is 57.3 Å². The summed E-state index contributed by atoms with van der Waals surface area (Å²) in [6.07, 6.45) is 0.447. The molecule has 0 aromatic heterocycles. The smallest absolute Gasteiger partial charge is 0.183 e. The summed E-state index contributed by atoms with van der Waals surface area (Å²) in [4.78, 5) is 7.73. The number of hydrogen-bond donors (Lipinski definition) is 2. The minimum absolute atomic E-state index is 0.161. The Morgan fingerprint density at radius 3 is 2.60 bits per heavy atom. The molecule has 2 N–H and O–H groups in total. The molecule has 2 unspecified atom stereocenters. The van der Waals surface area contributed by atoms with Crippen LogP contribution in [0.2, 0.25) is 0 Å². The van der Waals surface area contributed by atoms with Crippen molar-refractivity contribution in [1.29, 1.82) is 0 Å². The average Bonchev–Trinajstić information content (AvgIpc) is 1.89. The highest BCUT2D eigenvalue weighted by Crippen LogP contribution is 2.24. The van der Waals surface area contributed by atoms with Gasteiger partial charge in [-0.2, -0.15) is 0 Å². The van der Waals surface area contributed by atoms with E-state index < -0.39 is 6.10 Å². The van der Waals surface area contributed by atoms with Gasteiger partial charge in [0, 0.05) is 7.11 Å². The summed E-state index contributed by atoms with van der Waals surface area (Å²) in [6.45, 7) is 0. The number of rotatable bonds is 3. The topological polar surface area (TPSA) is 68.2 Å².